The molecule has 25 heavy (non-hydrogen) atoms. The predicted molar refractivity (Wildman–Crippen MR) is 87.1 cm³/mol. The lowest BCUT2D eigenvalue weighted by molar-refractivity contribution is -0.137. The summed E-state index contributed by atoms with van der Waals surface area (Å²) in [6.45, 7) is 5.95. The Morgan fingerprint density at radius 1 is 1.20 bits per heavy atom. The summed E-state index contributed by atoms with van der Waals surface area (Å²) in [7, 11) is 0. The first-order valence-electron chi connectivity index (χ1n) is 7.77. The van der Waals surface area contributed by atoms with Crippen LogP contribution in [0.15, 0.2) is 12.1 Å². The number of nitrogens with two attached hydrogens (primary N) is 2. The van der Waals surface area contributed by atoms with Gasteiger partial charge in [0.25, 0.3) is 0 Å². The number of likely N-dealkylation sites (tertiary alicyclic amines) is 1. The van der Waals surface area contributed by atoms with Gasteiger partial charge in [0.15, 0.2) is 5.75 Å². The van der Waals surface area contributed by atoms with Gasteiger partial charge in [0.1, 0.15) is 11.7 Å². The van der Waals surface area contributed by atoms with Gasteiger partial charge in [-0.3, -0.25) is 0 Å². The Hall–Kier alpha value is -2.32. The van der Waals surface area contributed by atoms with Crippen molar-refractivity contribution >= 4 is 17.5 Å². The molecule has 0 radical (unpaired) electrons. The second-order valence-corrected chi connectivity index (χ2v) is 6.94. The maximum Gasteiger partial charge on any atom is 0.416 e. The summed E-state index contributed by atoms with van der Waals surface area (Å²) in [5.74, 6) is 0.00374. The lowest BCUT2D eigenvalue weighted by Crippen LogP contribution is -2.36. The molecule has 1 aliphatic rings. The van der Waals surface area contributed by atoms with Gasteiger partial charge in [-0.25, -0.2) is 4.79 Å². The first kappa shape index (κ1) is 19.0. The van der Waals surface area contributed by atoms with Crippen LogP contribution in [0.3, 0.4) is 0 Å². The third kappa shape index (κ3) is 4.83. The molecule has 9 heteroatoms. The molecule has 0 aromatic heterocycles. The van der Waals surface area contributed by atoms with E-state index < -0.39 is 29.5 Å². The molecule has 1 amide bonds. The third-order valence-electron chi connectivity index (χ3n) is 3.55. The summed E-state index contributed by atoms with van der Waals surface area (Å²) in [6, 6.07) is 1.57. The zero-order valence-corrected chi connectivity index (χ0v) is 14.3. The van der Waals surface area contributed by atoms with Gasteiger partial charge >= 0.3 is 12.3 Å². The number of hydrogen-bond donors (Lipinski definition) is 2. The van der Waals surface area contributed by atoms with Crippen LogP contribution in [0.1, 0.15) is 32.8 Å². The van der Waals surface area contributed by atoms with Crippen LogP contribution >= 0.6 is 0 Å². The maximum absolute atomic E-state index is 12.7. The van der Waals surface area contributed by atoms with E-state index in [-0.39, 0.29) is 23.7 Å². The molecule has 0 spiro atoms. The van der Waals surface area contributed by atoms with Gasteiger partial charge in [0, 0.05) is 13.0 Å². The molecule has 1 aromatic rings. The number of amides is 1. The van der Waals surface area contributed by atoms with Crippen molar-refractivity contribution in [1.29, 1.82) is 0 Å². The smallest absolute Gasteiger partial charge is 0.416 e. The zero-order valence-electron chi connectivity index (χ0n) is 14.3. The molecule has 0 unspecified atom stereocenters. The van der Waals surface area contributed by atoms with Crippen molar-refractivity contribution in [3.05, 3.63) is 17.7 Å². The fraction of sp³-hybridized carbons (Fsp3) is 0.562. The van der Waals surface area contributed by atoms with Crippen LogP contribution in [-0.2, 0) is 10.9 Å². The summed E-state index contributed by atoms with van der Waals surface area (Å²) in [5.41, 5.74) is 9.40. The first-order chi connectivity index (χ1) is 11.4. The molecule has 2 rings (SSSR count). The van der Waals surface area contributed by atoms with Gasteiger partial charge in [-0.05, 0) is 32.9 Å². The van der Waals surface area contributed by atoms with E-state index >= 15 is 0 Å². The SMILES string of the molecule is CC(C)(C)OC(=O)N1CC[C@H](Oc2c(N)cc(C(F)(F)F)cc2N)C1. The lowest BCUT2D eigenvalue weighted by Gasteiger charge is -2.24. The zero-order chi connectivity index (χ0) is 19.0. The molecule has 6 nitrogen and oxygen atoms in total. The average Bonchev–Trinajstić information content (AvgIpc) is 2.88. The minimum Gasteiger partial charge on any atom is -0.484 e. The molecule has 4 N–H and O–H groups in total. The Labute approximate surface area is 143 Å². The van der Waals surface area contributed by atoms with Crippen molar-refractivity contribution in [3.8, 4) is 5.75 Å². The number of benzene rings is 1. The van der Waals surface area contributed by atoms with E-state index in [9.17, 15) is 18.0 Å². The quantitative estimate of drug-likeness (QED) is 0.789. The fourth-order valence-electron chi connectivity index (χ4n) is 2.46. The van der Waals surface area contributed by atoms with Crippen LogP contribution in [0.25, 0.3) is 0 Å². The number of carbonyl (C=O) groups is 1. The van der Waals surface area contributed by atoms with Gasteiger partial charge in [0.2, 0.25) is 0 Å². The molecule has 0 bridgehead atoms. The Kier molecular flexibility index (Phi) is 4.97. The van der Waals surface area contributed by atoms with E-state index in [1.807, 2.05) is 0 Å². The van der Waals surface area contributed by atoms with Crippen LogP contribution in [0.4, 0.5) is 29.3 Å². The molecule has 0 saturated carbocycles. The van der Waals surface area contributed by atoms with Gasteiger partial charge in [0.05, 0.1) is 23.5 Å². The highest BCUT2D eigenvalue weighted by molar-refractivity contribution is 5.70. The number of alkyl halides is 3. The first-order valence-corrected chi connectivity index (χ1v) is 7.77. The molecule has 1 atom stereocenters. The minimum absolute atomic E-state index is 0.00374. The Morgan fingerprint density at radius 2 is 1.76 bits per heavy atom. The number of ether oxygens (including phenoxy) is 2. The molecule has 0 aliphatic carbocycles. The molecule has 1 fully saturated rings. The van der Waals surface area contributed by atoms with Crippen LogP contribution in [0.5, 0.6) is 5.75 Å². The van der Waals surface area contributed by atoms with Crippen LogP contribution in [-0.4, -0.2) is 35.8 Å². The number of carbonyl (C=O) groups excluding carboxylic acids is 1. The summed E-state index contributed by atoms with van der Waals surface area (Å²) in [4.78, 5) is 13.5. The molecular formula is C16H22F3N3O3. The van der Waals surface area contributed by atoms with Gasteiger partial charge in [-0.2, -0.15) is 13.2 Å². The number of anilines is 2. The van der Waals surface area contributed by atoms with Crippen molar-refractivity contribution in [1.82, 2.24) is 4.90 Å². The third-order valence-corrected chi connectivity index (χ3v) is 3.55. The van der Waals surface area contributed by atoms with E-state index in [1.54, 1.807) is 20.8 Å². The van der Waals surface area contributed by atoms with E-state index in [2.05, 4.69) is 0 Å². The highest BCUT2D eigenvalue weighted by Gasteiger charge is 2.34. The molecular weight excluding hydrogens is 339 g/mol. The van der Waals surface area contributed by atoms with Crippen LogP contribution < -0.4 is 16.2 Å². The van der Waals surface area contributed by atoms with Crippen LogP contribution in [0, 0.1) is 0 Å². The summed E-state index contributed by atoms with van der Waals surface area (Å²) in [6.07, 6.45) is -4.93. The number of hydrogen-bond acceptors (Lipinski definition) is 5. The largest absolute Gasteiger partial charge is 0.484 e. The maximum atomic E-state index is 12.7. The lowest BCUT2D eigenvalue weighted by atomic mass is 10.1. The Balaban J connectivity index is 2.06. The summed E-state index contributed by atoms with van der Waals surface area (Å²) >= 11 is 0. The van der Waals surface area contributed by atoms with Gasteiger partial charge < -0.3 is 25.8 Å². The second-order valence-electron chi connectivity index (χ2n) is 6.94. The molecule has 1 heterocycles. The fourth-order valence-corrected chi connectivity index (χ4v) is 2.46. The summed E-state index contributed by atoms with van der Waals surface area (Å²) < 4.78 is 49.2. The van der Waals surface area contributed by atoms with Crippen molar-refractivity contribution in [2.75, 3.05) is 24.6 Å². The topological polar surface area (TPSA) is 90.8 Å². The van der Waals surface area contributed by atoms with Gasteiger partial charge in [-0.15, -0.1) is 0 Å². The minimum atomic E-state index is -4.54. The standard InChI is InChI=1S/C16H22F3N3O3/c1-15(2,3)25-14(23)22-5-4-10(8-22)24-13-11(20)6-9(7-12(13)21)16(17,18)19/h6-7,10H,4-5,8,20-21H2,1-3H3/t10-/m0/s1. The predicted octanol–water partition coefficient (Wildman–Crippen LogP) is 3.26. The Bertz CT molecular complexity index is 633. The van der Waals surface area contributed by atoms with Crippen molar-refractivity contribution < 1.29 is 27.4 Å². The molecule has 140 valence electrons. The summed E-state index contributed by atoms with van der Waals surface area (Å²) in [5, 5.41) is 0. The number of halogens is 3. The van der Waals surface area contributed by atoms with Crippen LogP contribution in [0.2, 0.25) is 0 Å². The van der Waals surface area contributed by atoms with E-state index in [0.717, 1.165) is 12.1 Å². The van der Waals surface area contributed by atoms with E-state index in [4.69, 9.17) is 20.9 Å². The average molecular weight is 361 g/mol. The monoisotopic (exact) mass is 361 g/mol. The van der Waals surface area contributed by atoms with Crippen molar-refractivity contribution in [2.45, 2.75) is 45.1 Å². The number of rotatable bonds is 2. The van der Waals surface area contributed by atoms with Crippen molar-refractivity contribution in [2.24, 2.45) is 0 Å². The molecule has 1 saturated heterocycles. The highest BCUT2D eigenvalue weighted by atomic mass is 19.4. The van der Waals surface area contributed by atoms with Gasteiger partial charge in [-0.1, -0.05) is 0 Å². The molecule has 1 aliphatic heterocycles. The number of nitrogen functional groups attached to an aromatic ring is 2. The molecule has 1 aromatic carbocycles. The van der Waals surface area contributed by atoms with E-state index in [0.29, 0.717) is 13.0 Å². The number of nitrogens with zero attached hydrogens (tertiary/aromatic N) is 1. The second kappa shape index (κ2) is 6.53. The highest BCUT2D eigenvalue weighted by Crippen LogP contribution is 2.38. The van der Waals surface area contributed by atoms with E-state index in [1.165, 1.54) is 4.90 Å². The van der Waals surface area contributed by atoms with Crippen molar-refractivity contribution in [3.63, 3.8) is 0 Å². The Morgan fingerprint density at radius 3 is 2.24 bits per heavy atom. The normalized spacial score (nSPS) is 18.3.